The Hall–Kier alpha value is -2.06. The van der Waals surface area contributed by atoms with Gasteiger partial charge in [0.2, 0.25) is 0 Å². The Morgan fingerprint density at radius 1 is 1.47 bits per heavy atom. The number of pyridine rings is 1. The van der Waals surface area contributed by atoms with Crippen LogP contribution in [0.25, 0.3) is 0 Å². The summed E-state index contributed by atoms with van der Waals surface area (Å²) in [5.74, 6) is -1.28. The van der Waals surface area contributed by atoms with Gasteiger partial charge in [-0.1, -0.05) is 0 Å². The topological polar surface area (TPSA) is 74.5 Å². The Labute approximate surface area is 93.1 Å². The molecule has 0 saturated heterocycles. The Balaban J connectivity index is 3.26. The first-order valence-electron chi connectivity index (χ1n) is 4.20. The van der Waals surface area contributed by atoms with Gasteiger partial charge in [-0.15, -0.1) is 13.2 Å². The molecule has 9 heteroatoms. The number of nitrogens with zero attached hydrogens (tertiary/aromatic N) is 2. The van der Waals surface area contributed by atoms with Gasteiger partial charge in [0, 0.05) is 0 Å². The maximum absolute atomic E-state index is 12.0. The van der Waals surface area contributed by atoms with Gasteiger partial charge in [-0.05, 0) is 6.92 Å². The minimum Gasteiger partial charge on any atom is -0.491 e. The number of hydrogen-bond acceptors (Lipinski definition) is 5. The quantitative estimate of drug-likeness (QED) is 0.609. The molecule has 6 nitrogen and oxygen atoms in total. The molecule has 0 saturated carbocycles. The molecule has 0 aliphatic carbocycles. The predicted octanol–water partition coefficient (Wildman–Crippen LogP) is 2.21. The molecule has 0 aliphatic rings. The zero-order valence-electron chi connectivity index (χ0n) is 8.74. The lowest BCUT2D eigenvalue weighted by molar-refractivity contribution is -0.385. The van der Waals surface area contributed by atoms with E-state index in [2.05, 4.69) is 14.5 Å². The molecule has 1 rings (SSSR count). The van der Waals surface area contributed by atoms with Crippen molar-refractivity contribution in [2.45, 2.75) is 13.3 Å². The van der Waals surface area contributed by atoms with Crippen LogP contribution in [0.3, 0.4) is 0 Å². The van der Waals surface area contributed by atoms with Gasteiger partial charge in [-0.25, -0.2) is 4.98 Å². The average molecular weight is 252 g/mol. The number of aromatic nitrogens is 1. The third kappa shape index (κ3) is 2.95. The number of hydrogen-bond donors (Lipinski definition) is 0. The van der Waals surface area contributed by atoms with Crippen molar-refractivity contribution in [2.75, 3.05) is 7.11 Å². The molecule has 0 aliphatic heterocycles. The molecular formula is C8H7F3N2O4. The van der Waals surface area contributed by atoms with E-state index < -0.39 is 28.6 Å². The standard InChI is InChI=1S/C8H7F3N2O4/c1-4-5(13(14)15)3-12-7(6(4)16-2)17-8(9,10)11/h3H,1-2H3. The van der Waals surface area contributed by atoms with E-state index in [-0.39, 0.29) is 5.56 Å². The van der Waals surface area contributed by atoms with Crippen molar-refractivity contribution in [2.24, 2.45) is 0 Å². The molecule has 94 valence electrons. The lowest BCUT2D eigenvalue weighted by atomic mass is 10.2. The van der Waals surface area contributed by atoms with E-state index in [0.29, 0.717) is 6.20 Å². The largest absolute Gasteiger partial charge is 0.574 e. The molecule has 1 aromatic rings. The van der Waals surface area contributed by atoms with Crippen molar-refractivity contribution in [3.05, 3.63) is 21.9 Å². The second-order valence-corrected chi connectivity index (χ2v) is 2.91. The molecule has 17 heavy (non-hydrogen) atoms. The summed E-state index contributed by atoms with van der Waals surface area (Å²) in [7, 11) is 1.07. The lowest BCUT2D eigenvalue weighted by Crippen LogP contribution is -2.18. The average Bonchev–Trinajstić information content (AvgIpc) is 2.15. The summed E-state index contributed by atoms with van der Waals surface area (Å²) in [6.45, 7) is 1.24. The predicted molar refractivity (Wildman–Crippen MR) is 48.9 cm³/mol. The van der Waals surface area contributed by atoms with Crippen LogP contribution in [-0.2, 0) is 0 Å². The van der Waals surface area contributed by atoms with Crippen LogP contribution >= 0.6 is 0 Å². The van der Waals surface area contributed by atoms with Crippen molar-refractivity contribution in [3.8, 4) is 11.6 Å². The second kappa shape index (κ2) is 4.44. The normalized spacial score (nSPS) is 11.1. The number of methoxy groups -OCH3 is 1. The monoisotopic (exact) mass is 252 g/mol. The maximum Gasteiger partial charge on any atom is 0.574 e. The summed E-state index contributed by atoms with van der Waals surface area (Å²) in [6, 6.07) is 0. The smallest absolute Gasteiger partial charge is 0.491 e. The molecule has 1 aromatic heterocycles. The molecule has 0 radical (unpaired) electrons. The highest BCUT2D eigenvalue weighted by atomic mass is 19.4. The highest BCUT2D eigenvalue weighted by molar-refractivity contribution is 5.51. The minimum atomic E-state index is -4.94. The molecule has 0 fully saturated rings. The van der Waals surface area contributed by atoms with E-state index in [1.807, 2.05) is 0 Å². The van der Waals surface area contributed by atoms with Crippen molar-refractivity contribution in [3.63, 3.8) is 0 Å². The van der Waals surface area contributed by atoms with Crippen molar-refractivity contribution >= 4 is 5.69 Å². The summed E-state index contributed by atoms with van der Waals surface area (Å²) in [6.07, 6.45) is -4.26. The minimum absolute atomic E-state index is 0.0910. The molecule has 0 amide bonds. The van der Waals surface area contributed by atoms with Gasteiger partial charge >= 0.3 is 6.36 Å². The van der Waals surface area contributed by atoms with Gasteiger partial charge in [0.05, 0.1) is 17.6 Å². The Morgan fingerprint density at radius 2 is 2.06 bits per heavy atom. The van der Waals surface area contributed by atoms with E-state index in [1.54, 1.807) is 0 Å². The third-order valence-corrected chi connectivity index (χ3v) is 1.84. The van der Waals surface area contributed by atoms with E-state index in [4.69, 9.17) is 0 Å². The number of halogens is 3. The van der Waals surface area contributed by atoms with E-state index in [1.165, 1.54) is 6.92 Å². The zero-order chi connectivity index (χ0) is 13.2. The van der Waals surface area contributed by atoms with Crippen molar-refractivity contribution < 1.29 is 27.6 Å². The number of rotatable bonds is 3. The molecule has 0 N–H and O–H groups in total. The van der Waals surface area contributed by atoms with Crippen LogP contribution in [0.5, 0.6) is 11.6 Å². The molecular weight excluding hydrogens is 245 g/mol. The Bertz CT molecular complexity index is 447. The molecule has 0 spiro atoms. The van der Waals surface area contributed by atoms with Crippen LogP contribution in [0.15, 0.2) is 6.20 Å². The molecule has 0 unspecified atom stereocenters. The molecule has 0 atom stereocenters. The van der Waals surface area contributed by atoms with Gasteiger partial charge in [-0.2, -0.15) is 0 Å². The van der Waals surface area contributed by atoms with Gasteiger partial charge in [0.25, 0.3) is 11.6 Å². The Morgan fingerprint density at radius 3 is 2.47 bits per heavy atom. The summed E-state index contributed by atoms with van der Waals surface area (Å²) in [4.78, 5) is 13.0. The molecule has 0 aromatic carbocycles. The summed E-state index contributed by atoms with van der Waals surface area (Å²) < 4.78 is 44.2. The van der Waals surface area contributed by atoms with Crippen LogP contribution in [0, 0.1) is 17.0 Å². The fourth-order valence-electron chi connectivity index (χ4n) is 1.16. The second-order valence-electron chi connectivity index (χ2n) is 2.91. The highest BCUT2D eigenvalue weighted by Gasteiger charge is 2.34. The number of nitro groups is 1. The maximum atomic E-state index is 12.0. The van der Waals surface area contributed by atoms with E-state index in [0.717, 1.165) is 7.11 Å². The van der Waals surface area contributed by atoms with Crippen LogP contribution in [0.4, 0.5) is 18.9 Å². The number of ether oxygens (including phenoxy) is 2. The summed E-state index contributed by atoms with van der Waals surface area (Å²) in [5, 5.41) is 10.5. The van der Waals surface area contributed by atoms with Crippen LogP contribution in [0.1, 0.15) is 5.56 Å². The lowest BCUT2D eigenvalue weighted by Gasteiger charge is -2.12. The molecule has 1 heterocycles. The van der Waals surface area contributed by atoms with Gasteiger partial charge in [0.15, 0.2) is 5.75 Å². The SMILES string of the molecule is COc1c(OC(F)(F)F)ncc([N+](=O)[O-])c1C. The molecule has 0 bridgehead atoms. The Kier molecular flexibility index (Phi) is 3.39. The van der Waals surface area contributed by atoms with Crippen molar-refractivity contribution in [1.82, 2.24) is 4.98 Å². The van der Waals surface area contributed by atoms with Crippen LogP contribution < -0.4 is 9.47 Å². The van der Waals surface area contributed by atoms with Crippen LogP contribution in [0.2, 0.25) is 0 Å². The fraction of sp³-hybridized carbons (Fsp3) is 0.375. The van der Waals surface area contributed by atoms with Gasteiger partial charge < -0.3 is 9.47 Å². The van der Waals surface area contributed by atoms with Gasteiger partial charge in [-0.3, -0.25) is 10.1 Å². The zero-order valence-corrected chi connectivity index (χ0v) is 8.74. The summed E-state index contributed by atoms with van der Waals surface area (Å²) >= 11 is 0. The first-order chi connectivity index (χ1) is 7.76. The fourth-order valence-corrected chi connectivity index (χ4v) is 1.16. The van der Waals surface area contributed by atoms with E-state index >= 15 is 0 Å². The van der Waals surface area contributed by atoms with Gasteiger partial charge in [0.1, 0.15) is 6.20 Å². The van der Waals surface area contributed by atoms with Crippen LogP contribution in [-0.4, -0.2) is 23.4 Å². The first kappa shape index (κ1) is 13.0. The van der Waals surface area contributed by atoms with E-state index in [9.17, 15) is 23.3 Å². The highest BCUT2D eigenvalue weighted by Crippen LogP contribution is 2.36. The van der Waals surface area contributed by atoms with Crippen molar-refractivity contribution in [1.29, 1.82) is 0 Å². The first-order valence-corrected chi connectivity index (χ1v) is 4.20. The summed E-state index contributed by atoms with van der Waals surface area (Å²) in [5.41, 5.74) is -0.539. The number of alkyl halides is 3. The third-order valence-electron chi connectivity index (χ3n) is 1.84.